The van der Waals surface area contributed by atoms with Crippen LogP contribution in [0, 0.1) is 0 Å². The molecule has 1 fully saturated rings. The highest BCUT2D eigenvalue weighted by molar-refractivity contribution is 5.97. The molecular weight excluding hydrogens is 699 g/mol. The normalized spacial score (nSPS) is 16.0. The Labute approximate surface area is 342 Å². The van der Waals surface area contributed by atoms with Crippen LogP contribution in [0.15, 0.2) is 182 Å². The third kappa shape index (κ3) is 4.53. The molecule has 0 atom stereocenters. The van der Waals surface area contributed by atoms with Crippen molar-refractivity contribution in [2.75, 3.05) is 4.90 Å². The third-order valence-electron chi connectivity index (χ3n) is 14.3. The third-order valence-corrected chi connectivity index (χ3v) is 14.3. The van der Waals surface area contributed by atoms with Crippen LogP contribution in [-0.4, -0.2) is 0 Å². The molecule has 1 spiro atoms. The summed E-state index contributed by atoms with van der Waals surface area (Å²) in [4.78, 5) is 2.57. The van der Waals surface area contributed by atoms with E-state index >= 15 is 0 Å². The van der Waals surface area contributed by atoms with Crippen LogP contribution in [-0.2, 0) is 10.8 Å². The predicted octanol–water partition coefficient (Wildman–Crippen LogP) is 15.1. The van der Waals surface area contributed by atoms with Crippen molar-refractivity contribution in [3.8, 4) is 44.5 Å². The van der Waals surface area contributed by atoms with E-state index < -0.39 is 5.41 Å². The molecule has 0 radical (unpaired) electrons. The minimum Gasteiger partial charge on any atom is -0.310 e. The molecule has 278 valence electrons. The van der Waals surface area contributed by atoms with Crippen LogP contribution in [0.4, 0.5) is 17.1 Å². The molecule has 8 aromatic rings. The maximum Gasteiger partial charge on any atom is 0.0726 e. The Morgan fingerprint density at radius 1 is 0.379 bits per heavy atom. The topological polar surface area (TPSA) is 3.24 Å². The van der Waals surface area contributed by atoms with Crippen LogP contribution in [0.3, 0.4) is 0 Å². The summed E-state index contributed by atoms with van der Waals surface area (Å²) in [6, 6.07) is 69.4. The van der Waals surface area contributed by atoms with Gasteiger partial charge in [-0.05, 0) is 127 Å². The lowest BCUT2D eigenvalue weighted by Crippen LogP contribution is -2.26. The van der Waals surface area contributed by atoms with Gasteiger partial charge in [0, 0.05) is 22.4 Å². The summed E-state index contributed by atoms with van der Waals surface area (Å²) in [5.74, 6) is 0.595. The maximum atomic E-state index is 2.57. The van der Waals surface area contributed by atoms with Gasteiger partial charge in [0.25, 0.3) is 0 Å². The quantitative estimate of drug-likeness (QED) is 0.170. The summed E-state index contributed by atoms with van der Waals surface area (Å²) >= 11 is 0. The van der Waals surface area contributed by atoms with E-state index in [1.165, 1.54) is 126 Å². The Bertz CT molecular complexity index is 2890. The Kier molecular flexibility index (Phi) is 7.27. The van der Waals surface area contributed by atoms with E-state index in [-0.39, 0.29) is 5.41 Å². The van der Waals surface area contributed by atoms with E-state index in [4.69, 9.17) is 0 Å². The number of para-hydroxylation sites is 1. The first kappa shape index (κ1) is 33.7. The lowest BCUT2D eigenvalue weighted by molar-refractivity contribution is 0.660. The fraction of sp³-hybridized carbons (Fsp3) is 0.158. The smallest absolute Gasteiger partial charge is 0.0726 e. The van der Waals surface area contributed by atoms with Crippen LogP contribution < -0.4 is 4.90 Å². The van der Waals surface area contributed by atoms with E-state index in [1.54, 1.807) is 0 Å². The first-order chi connectivity index (χ1) is 28.5. The summed E-state index contributed by atoms with van der Waals surface area (Å²) in [5, 5.41) is 0. The molecular formula is C57H45N. The highest BCUT2D eigenvalue weighted by Gasteiger charge is 2.51. The van der Waals surface area contributed by atoms with Crippen molar-refractivity contribution in [3.05, 3.63) is 221 Å². The summed E-state index contributed by atoms with van der Waals surface area (Å²) in [6.45, 7) is 4.78. The Morgan fingerprint density at radius 2 is 0.793 bits per heavy atom. The molecule has 4 aliphatic carbocycles. The zero-order chi connectivity index (χ0) is 38.6. The second kappa shape index (κ2) is 12.5. The molecule has 8 aromatic carbocycles. The monoisotopic (exact) mass is 743 g/mol. The zero-order valence-corrected chi connectivity index (χ0v) is 33.2. The number of benzene rings is 8. The van der Waals surface area contributed by atoms with E-state index in [0.29, 0.717) is 5.92 Å². The number of hydrogen-bond acceptors (Lipinski definition) is 1. The van der Waals surface area contributed by atoms with Gasteiger partial charge in [0.1, 0.15) is 0 Å². The molecule has 0 heterocycles. The van der Waals surface area contributed by atoms with Crippen LogP contribution >= 0.6 is 0 Å². The van der Waals surface area contributed by atoms with Gasteiger partial charge >= 0.3 is 0 Å². The number of nitrogens with zero attached hydrogens (tertiary/aromatic N) is 1. The van der Waals surface area contributed by atoms with E-state index in [1.807, 2.05) is 0 Å². The van der Waals surface area contributed by atoms with E-state index in [0.717, 1.165) is 0 Å². The molecule has 1 saturated carbocycles. The SMILES string of the molecule is CC1(C)c2ccccc2-c2ccc(N(c3ccc4c(c3)C3(c5ccccc5-c5ccccc53)c3ccccc3-4)c3ccccc3-c3ccccc3C3CCCC3)cc21. The molecule has 12 rings (SSSR count). The van der Waals surface area contributed by atoms with Crippen molar-refractivity contribution < 1.29 is 0 Å². The van der Waals surface area contributed by atoms with E-state index in [2.05, 4.69) is 201 Å². The average Bonchev–Trinajstić information content (AvgIpc) is 4.04. The van der Waals surface area contributed by atoms with Crippen LogP contribution in [0.2, 0.25) is 0 Å². The molecule has 1 heteroatoms. The number of rotatable bonds is 5. The average molecular weight is 744 g/mol. The molecule has 0 bridgehead atoms. The van der Waals surface area contributed by atoms with Crippen molar-refractivity contribution in [1.29, 1.82) is 0 Å². The summed E-state index contributed by atoms with van der Waals surface area (Å²) < 4.78 is 0. The van der Waals surface area contributed by atoms with Gasteiger partial charge in [-0.15, -0.1) is 0 Å². The standard InChI is InChI=1S/C57H45N/c1-56(2)49-26-12-7-21-42(49)46-33-31-38(35-53(46)56)58(55-30-16-11-25-48(55)41-20-6-5-19-40(41)37-17-3-4-18-37)39-32-34-47-45-24-10-15-29-52(45)57(54(47)36-39)50-27-13-8-22-43(50)44-23-9-14-28-51(44)57/h5-16,19-37H,3-4,17-18H2,1-2H3. The molecule has 1 nitrogen and oxygen atoms in total. The van der Waals surface area contributed by atoms with Gasteiger partial charge in [0.2, 0.25) is 0 Å². The molecule has 0 saturated heterocycles. The molecule has 0 aromatic heterocycles. The largest absolute Gasteiger partial charge is 0.310 e. The predicted molar refractivity (Wildman–Crippen MR) is 242 cm³/mol. The lowest BCUT2D eigenvalue weighted by atomic mass is 9.70. The highest BCUT2D eigenvalue weighted by atomic mass is 15.1. The van der Waals surface area contributed by atoms with Gasteiger partial charge < -0.3 is 4.90 Å². The van der Waals surface area contributed by atoms with Crippen LogP contribution in [0.1, 0.15) is 84.4 Å². The van der Waals surface area contributed by atoms with Gasteiger partial charge in [-0.25, -0.2) is 0 Å². The Morgan fingerprint density at radius 3 is 1.38 bits per heavy atom. The van der Waals surface area contributed by atoms with Crippen LogP contribution in [0.5, 0.6) is 0 Å². The van der Waals surface area contributed by atoms with Gasteiger partial charge in [0.05, 0.1) is 11.1 Å². The van der Waals surface area contributed by atoms with Crippen molar-refractivity contribution in [3.63, 3.8) is 0 Å². The lowest BCUT2D eigenvalue weighted by Gasteiger charge is -2.33. The number of hydrogen-bond donors (Lipinski definition) is 0. The van der Waals surface area contributed by atoms with Crippen molar-refractivity contribution in [2.45, 2.75) is 56.3 Å². The second-order valence-electron chi connectivity index (χ2n) is 17.4. The van der Waals surface area contributed by atoms with Crippen molar-refractivity contribution >= 4 is 17.1 Å². The highest BCUT2D eigenvalue weighted by Crippen LogP contribution is 2.63. The minimum atomic E-state index is -0.420. The first-order valence-corrected chi connectivity index (χ1v) is 21.2. The fourth-order valence-corrected chi connectivity index (χ4v) is 11.7. The number of anilines is 3. The van der Waals surface area contributed by atoms with Crippen LogP contribution in [0.25, 0.3) is 44.5 Å². The molecule has 4 aliphatic rings. The maximum absolute atomic E-state index is 2.57. The molecule has 0 unspecified atom stereocenters. The summed E-state index contributed by atoms with van der Waals surface area (Å²) in [5.41, 5.74) is 23.4. The number of fused-ring (bicyclic) bond motifs is 13. The molecule has 0 N–H and O–H groups in total. The fourth-order valence-electron chi connectivity index (χ4n) is 11.7. The zero-order valence-electron chi connectivity index (χ0n) is 33.2. The van der Waals surface area contributed by atoms with Gasteiger partial charge in [-0.1, -0.05) is 178 Å². The van der Waals surface area contributed by atoms with Gasteiger partial charge in [0.15, 0.2) is 0 Å². The first-order valence-electron chi connectivity index (χ1n) is 21.2. The Balaban J connectivity index is 1.13. The van der Waals surface area contributed by atoms with E-state index in [9.17, 15) is 0 Å². The van der Waals surface area contributed by atoms with Crippen molar-refractivity contribution in [1.82, 2.24) is 0 Å². The molecule has 58 heavy (non-hydrogen) atoms. The minimum absolute atomic E-state index is 0.122. The molecule has 0 amide bonds. The second-order valence-corrected chi connectivity index (χ2v) is 17.4. The van der Waals surface area contributed by atoms with Crippen molar-refractivity contribution in [2.24, 2.45) is 0 Å². The van der Waals surface area contributed by atoms with Gasteiger partial charge in [-0.3, -0.25) is 0 Å². The Hall–Kier alpha value is -6.44. The molecule has 0 aliphatic heterocycles. The summed E-state index contributed by atoms with van der Waals surface area (Å²) in [7, 11) is 0. The summed E-state index contributed by atoms with van der Waals surface area (Å²) in [6.07, 6.45) is 5.15. The van der Waals surface area contributed by atoms with Gasteiger partial charge in [-0.2, -0.15) is 0 Å².